The highest BCUT2D eigenvalue weighted by Crippen LogP contribution is 2.28. The number of rotatable bonds is 6. The van der Waals surface area contributed by atoms with Crippen LogP contribution in [0.25, 0.3) is 11.5 Å². The lowest BCUT2D eigenvalue weighted by Crippen LogP contribution is -2.26. The molecule has 0 saturated heterocycles. The number of nitrogens with zero attached hydrogens (tertiary/aromatic N) is 2. The molecule has 1 aromatic heterocycles. The highest BCUT2D eigenvalue weighted by atomic mass is 19.1. The Bertz CT molecular complexity index is 879. The summed E-state index contributed by atoms with van der Waals surface area (Å²) in [6.07, 6.45) is 0.336. The third-order valence-electron chi connectivity index (χ3n) is 3.55. The highest BCUT2D eigenvalue weighted by molar-refractivity contribution is 5.94. The molecule has 3 rings (SSSR count). The van der Waals surface area contributed by atoms with Crippen molar-refractivity contribution in [3.8, 4) is 17.2 Å². The first-order valence-electron chi connectivity index (χ1n) is 7.67. The van der Waals surface area contributed by atoms with E-state index in [2.05, 4.69) is 15.5 Å². The first kappa shape index (κ1) is 16.6. The van der Waals surface area contributed by atoms with Gasteiger partial charge in [0.05, 0.1) is 18.2 Å². The number of benzene rings is 2. The van der Waals surface area contributed by atoms with Crippen LogP contribution in [0.15, 0.2) is 52.9 Å². The van der Waals surface area contributed by atoms with Crippen molar-refractivity contribution < 1.29 is 18.3 Å². The molecule has 6 nitrogen and oxygen atoms in total. The van der Waals surface area contributed by atoms with E-state index in [0.29, 0.717) is 29.5 Å². The molecule has 0 aliphatic carbocycles. The second-order valence-corrected chi connectivity index (χ2v) is 5.19. The van der Waals surface area contributed by atoms with E-state index < -0.39 is 11.7 Å². The maximum atomic E-state index is 13.5. The summed E-state index contributed by atoms with van der Waals surface area (Å²) in [5.41, 5.74) is 0.696. The predicted molar refractivity (Wildman–Crippen MR) is 88.7 cm³/mol. The van der Waals surface area contributed by atoms with Crippen molar-refractivity contribution in [2.45, 2.75) is 6.42 Å². The molecule has 0 bridgehead atoms. The number of halogens is 1. The standard InChI is InChI=1S/C18H16FN3O3/c1-24-15-9-5-3-7-13(15)18-22-21-16(25-18)10-11-20-17(23)12-6-2-4-8-14(12)19/h2-9H,10-11H2,1H3,(H,20,23). The topological polar surface area (TPSA) is 77.3 Å². The van der Waals surface area contributed by atoms with Gasteiger partial charge in [0.15, 0.2) is 0 Å². The zero-order valence-corrected chi connectivity index (χ0v) is 13.5. The van der Waals surface area contributed by atoms with Gasteiger partial charge in [-0.3, -0.25) is 4.79 Å². The molecule has 3 aromatic rings. The Morgan fingerprint density at radius 3 is 2.72 bits per heavy atom. The van der Waals surface area contributed by atoms with Gasteiger partial charge < -0.3 is 14.5 Å². The van der Waals surface area contributed by atoms with E-state index in [9.17, 15) is 9.18 Å². The van der Waals surface area contributed by atoms with Crippen LogP contribution in [0.5, 0.6) is 5.75 Å². The number of carbonyl (C=O) groups excluding carboxylic acids is 1. The smallest absolute Gasteiger partial charge is 0.254 e. The summed E-state index contributed by atoms with van der Waals surface area (Å²) in [4.78, 5) is 11.9. The molecule has 0 aliphatic heterocycles. The molecule has 0 spiro atoms. The van der Waals surface area contributed by atoms with Crippen LogP contribution in [-0.2, 0) is 6.42 Å². The molecule has 2 aromatic carbocycles. The SMILES string of the molecule is COc1ccccc1-c1nnc(CCNC(=O)c2ccccc2F)o1. The monoisotopic (exact) mass is 341 g/mol. The molecular weight excluding hydrogens is 325 g/mol. The Balaban J connectivity index is 1.61. The largest absolute Gasteiger partial charge is 0.496 e. The van der Waals surface area contributed by atoms with Crippen LogP contribution in [-0.4, -0.2) is 29.8 Å². The molecule has 0 unspecified atom stereocenters. The fourth-order valence-corrected chi connectivity index (χ4v) is 2.31. The minimum atomic E-state index is -0.559. The van der Waals surface area contributed by atoms with Crippen LogP contribution in [0.2, 0.25) is 0 Å². The molecule has 128 valence electrons. The van der Waals surface area contributed by atoms with Crippen molar-refractivity contribution in [3.05, 3.63) is 65.8 Å². The van der Waals surface area contributed by atoms with Gasteiger partial charge in [0.25, 0.3) is 11.8 Å². The van der Waals surface area contributed by atoms with Crippen LogP contribution in [0.3, 0.4) is 0 Å². The number of hydrogen-bond donors (Lipinski definition) is 1. The summed E-state index contributed by atoms with van der Waals surface area (Å²) in [6, 6.07) is 13.1. The van der Waals surface area contributed by atoms with Crippen molar-refractivity contribution in [1.29, 1.82) is 0 Å². The second kappa shape index (κ2) is 7.57. The quantitative estimate of drug-likeness (QED) is 0.746. The van der Waals surface area contributed by atoms with Gasteiger partial charge in [-0.2, -0.15) is 0 Å². The molecule has 1 N–H and O–H groups in total. The van der Waals surface area contributed by atoms with E-state index in [1.165, 1.54) is 18.2 Å². The predicted octanol–water partition coefficient (Wildman–Crippen LogP) is 2.86. The lowest BCUT2D eigenvalue weighted by molar-refractivity contribution is 0.0949. The maximum absolute atomic E-state index is 13.5. The van der Waals surface area contributed by atoms with E-state index in [0.717, 1.165) is 0 Å². The number of hydrogen-bond acceptors (Lipinski definition) is 5. The second-order valence-electron chi connectivity index (χ2n) is 5.19. The Kier molecular flexibility index (Phi) is 5.03. The molecule has 0 saturated carbocycles. The lowest BCUT2D eigenvalue weighted by atomic mass is 10.2. The van der Waals surface area contributed by atoms with Gasteiger partial charge in [0.2, 0.25) is 5.89 Å². The minimum Gasteiger partial charge on any atom is -0.496 e. The summed E-state index contributed by atoms with van der Waals surface area (Å²) >= 11 is 0. The minimum absolute atomic E-state index is 0.00254. The number of nitrogens with one attached hydrogen (secondary N) is 1. The van der Waals surface area contributed by atoms with Crippen LogP contribution in [0.1, 0.15) is 16.2 Å². The Hall–Kier alpha value is -3.22. The Labute approximate surface area is 143 Å². The summed E-state index contributed by atoms with van der Waals surface area (Å²) < 4.78 is 24.4. The molecule has 1 amide bonds. The number of ether oxygens (including phenoxy) is 1. The Morgan fingerprint density at radius 2 is 1.92 bits per heavy atom. The fourth-order valence-electron chi connectivity index (χ4n) is 2.31. The Morgan fingerprint density at radius 1 is 1.16 bits per heavy atom. The van der Waals surface area contributed by atoms with Gasteiger partial charge in [-0.1, -0.05) is 24.3 Å². The zero-order chi connectivity index (χ0) is 17.6. The number of amides is 1. The molecule has 0 aliphatic rings. The number of carbonyl (C=O) groups is 1. The number of para-hydroxylation sites is 1. The number of aromatic nitrogens is 2. The molecule has 0 fully saturated rings. The van der Waals surface area contributed by atoms with E-state index in [1.807, 2.05) is 18.2 Å². The normalized spacial score (nSPS) is 10.5. The van der Waals surface area contributed by atoms with Gasteiger partial charge in [-0.05, 0) is 24.3 Å². The van der Waals surface area contributed by atoms with Gasteiger partial charge in [-0.15, -0.1) is 10.2 Å². The van der Waals surface area contributed by atoms with Gasteiger partial charge >= 0.3 is 0 Å². The van der Waals surface area contributed by atoms with Crippen molar-refractivity contribution in [1.82, 2.24) is 15.5 Å². The fraction of sp³-hybridized carbons (Fsp3) is 0.167. The van der Waals surface area contributed by atoms with Crippen LogP contribution >= 0.6 is 0 Å². The van der Waals surface area contributed by atoms with E-state index in [-0.39, 0.29) is 12.1 Å². The average molecular weight is 341 g/mol. The van der Waals surface area contributed by atoms with E-state index in [1.54, 1.807) is 19.2 Å². The van der Waals surface area contributed by atoms with Crippen molar-refractivity contribution in [2.24, 2.45) is 0 Å². The molecule has 25 heavy (non-hydrogen) atoms. The molecule has 0 radical (unpaired) electrons. The summed E-state index contributed by atoms with van der Waals surface area (Å²) in [7, 11) is 1.56. The molecule has 7 heteroatoms. The van der Waals surface area contributed by atoms with Gasteiger partial charge in [-0.25, -0.2) is 4.39 Å². The van der Waals surface area contributed by atoms with E-state index in [4.69, 9.17) is 9.15 Å². The third kappa shape index (κ3) is 3.82. The number of methoxy groups -OCH3 is 1. The zero-order valence-electron chi connectivity index (χ0n) is 13.5. The maximum Gasteiger partial charge on any atom is 0.254 e. The van der Waals surface area contributed by atoms with Crippen molar-refractivity contribution in [3.63, 3.8) is 0 Å². The van der Waals surface area contributed by atoms with Crippen LogP contribution < -0.4 is 10.1 Å². The van der Waals surface area contributed by atoms with Gasteiger partial charge in [0, 0.05) is 13.0 Å². The van der Waals surface area contributed by atoms with Crippen LogP contribution in [0, 0.1) is 5.82 Å². The first-order chi connectivity index (χ1) is 12.2. The average Bonchev–Trinajstić information content (AvgIpc) is 3.10. The van der Waals surface area contributed by atoms with E-state index >= 15 is 0 Å². The van der Waals surface area contributed by atoms with Crippen LogP contribution in [0.4, 0.5) is 4.39 Å². The molecule has 0 atom stereocenters. The highest BCUT2D eigenvalue weighted by Gasteiger charge is 2.14. The van der Waals surface area contributed by atoms with Crippen molar-refractivity contribution in [2.75, 3.05) is 13.7 Å². The molecular formula is C18H16FN3O3. The summed E-state index contributed by atoms with van der Waals surface area (Å²) in [6.45, 7) is 0.251. The third-order valence-corrected chi connectivity index (χ3v) is 3.55. The van der Waals surface area contributed by atoms with Gasteiger partial charge in [0.1, 0.15) is 11.6 Å². The lowest BCUT2D eigenvalue weighted by Gasteiger charge is -2.04. The first-order valence-corrected chi connectivity index (χ1v) is 7.67. The summed E-state index contributed by atoms with van der Waals surface area (Å²) in [5.74, 6) is 0.298. The van der Waals surface area contributed by atoms with Crippen molar-refractivity contribution >= 4 is 5.91 Å². The summed E-state index contributed by atoms with van der Waals surface area (Å²) in [5, 5.41) is 10.6. The molecule has 1 heterocycles.